The number of benzene rings is 1. The molecule has 0 N–H and O–H groups in total. The Bertz CT molecular complexity index is 797. The van der Waals surface area contributed by atoms with Crippen molar-refractivity contribution in [3.8, 4) is 0 Å². The van der Waals surface area contributed by atoms with Crippen LogP contribution in [0.3, 0.4) is 0 Å². The van der Waals surface area contributed by atoms with Gasteiger partial charge in [0.05, 0.1) is 0 Å². The zero-order valence-corrected chi connectivity index (χ0v) is 18.8. The van der Waals surface area contributed by atoms with E-state index in [9.17, 15) is 9.59 Å². The van der Waals surface area contributed by atoms with Crippen LogP contribution in [-0.4, -0.2) is 24.8 Å². The summed E-state index contributed by atoms with van der Waals surface area (Å²) < 4.78 is 5.59. The predicted octanol–water partition coefficient (Wildman–Crippen LogP) is 5.65. The van der Waals surface area contributed by atoms with Gasteiger partial charge in [-0.15, -0.1) is 0 Å². The molecule has 29 heavy (non-hydrogen) atoms. The lowest BCUT2D eigenvalue weighted by atomic mass is 9.64. The van der Waals surface area contributed by atoms with Crippen LogP contribution in [0.1, 0.15) is 82.1 Å². The van der Waals surface area contributed by atoms with Gasteiger partial charge in [0, 0.05) is 37.5 Å². The van der Waals surface area contributed by atoms with Crippen LogP contribution in [0.4, 0.5) is 0 Å². The van der Waals surface area contributed by atoms with Gasteiger partial charge >= 0.3 is 0 Å². The average Bonchev–Trinajstić information content (AvgIpc) is 2.68. The number of hydrogen-bond donors (Lipinski definition) is 0. The van der Waals surface area contributed by atoms with E-state index < -0.39 is 0 Å². The molecule has 1 saturated heterocycles. The molecule has 2 aliphatic rings. The minimum atomic E-state index is -0.0190. The number of hydrogen-bond acceptors (Lipinski definition) is 3. The smallest absolute Gasteiger partial charge is 0.164 e. The zero-order chi connectivity index (χ0) is 21.2. The van der Waals surface area contributed by atoms with E-state index in [4.69, 9.17) is 4.74 Å². The number of ketones is 2. The molecule has 0 bridgehead atoms. The van der Waals surface area contributed by atoms with Crippen LogP contribution in [0.2, 0.25) is 0 Å². The van der Waals surface area contributed by atoms with Crippen molar-refractivity contribution < 1.29 is 14.3 Å². The monoisotopic (exact) mass is 396 g/mol. The SMILES string of the molecule is CCc1cc(C)cc(CC)c1C1=C(CC(=O)C(C)C)CC2(CCOCC2)CC1=O. The van der Waals surface area contributed by atoms with Gasteiger partial charge in [0.25, 0.3) is 0 Å². The molecule has 0 unspecified atom stereocenters. The molecule has 1 aliphatic carbocycles. The standard InChI is InChI=1S/C26H36O3/c1-6-19-12-18(5)13-20(7-2)24(19)25-21(14-22(27)17(3)4)15-26(16-23(25)28)8-10-29-11-9-26/h12-13,17H,6-11,14-16H2,1-5H3. The molecule has 1 aromatic carbocycles. The highest BCUT2D eigenvalue weighted by Gasteiger charge is 2.42. The third-order valence-electron chi connectivity index (χ3n) is 6.80. The van der Waals surface area contributed by atoms with Gasteiger partial charge in [-0.3, -0.25) is 9.59 Å². The number of carbonyl (C=O) groups is 2. The molecule has 0 radical (unpaired) electrons. The van der Waals surface area contributed by atoms with Crippen molar-refractivity contribution in [1.29, 1.82) is 0 Å². The van der Waals surface area contributed by atoms with Gasteiger partial charge < -0.3 is 4.74 Å². The van der Waals surface area contributed by atoms with Gasteiger partial charge in [0.2, 0.25) is 0 Å². The van der Waals surface area contributed by atoms with E-state index in [1.807, 2.05) is 13.8 Å². The Balaban J connectivity index is 2.18. The van der Waals surface area contributed by atoms with E-state index in [1.165, 1.54) is 16.7 Å². The second-order valence-corrected chi connectivity index (χ2v) is 9.33. The molecule has 0 amide bonds. The lowest BCUT2D eigenvalue weighted by molar-refractivity contribution is -0.121. The predicted molar refractivity (Wildman–Crippen MR) is 118 cm³/mol. The molecule has 1 heterocycles. The number of carbonyl (C=O) groups excluding carboxylic acids is 2. The Morgan fingerprint density at radius 3 is 2.17 bits per heavy atom. The fourth-order valence-corrected chi connectivity index (χ4v) is 5.09. The Morgan fingerprint density at radius 1 is 1.07 bits per heavy atom. The Kier molecular flexibility index (Phi) is 6.78. The van der Waals surface area contributed by atoms with Crippen LogP contribution in [0.5, 0.6) is 0 Å². The minimum absolute atomic E-state index is 0.0132. The summed E-state index contributed by atoms with van der Waals surface area (Å²) in [4.78, 5) is 26.4. The highest BCUT2D eigenvalue weighted by molar-refractivity contribution is 6.24. The Morgan fingerprint density at radius 2 is 1.66 bits per heavy atom. The van der Waals surface area contributed by atoms with Gasteiger partial charge in [-0.25, -0.2) is 0 Å². The Labute approximate surface area is 175 Å². The normalized spacial score (nSPS) is 19.3. The molecule has 3 heteroatoms. The second kappa shape index (κ2) is 8.95. The highest BCUT2D eigenvalue weighted by atomic mass is 16.5. The molecule has 1 aliphatic heterocycles. The molecule has 1 spiro atoms. The van der Waals surface area contributed by atoms with Crippen LogP contribution in [-0.2, 0) is 27.2 Å². The van der Waals surface area contributed by atoms with Crippen molar-refractivity contribution >= 4 is 17.1 Å². The molecular weight excluding hydrogens is 360 g/mol. The number of rotatable bonds is 6. The van der Waals surface area contributed by atoms with Crippen LogP contribution in [0, 0.1) is 18.3 Å². The number of aryl methyl sites for hydroxylation is 3. The van der Waals surface area contributed by atoms with Crippen molar-refractivity contribution in [3.05, 3.63) is 40.0 Å². The molecular formula is C26H36O3. The van der Waals surface area contributed by atoms with Crippen molar-refractivity contribution in [2.45, 2.75) is 79.6 Å². The minimum Gasteiger partial charge on any atom is -0.381 e. The van der Waals surface area contributed by atoms with Crippen molar-refractivity contribution in [2.24, 2.45) is 11.3 Å². The van der Waals surface area contributed by atoms with E-state index in [0.29, 0.717) is 12.8 Å². The van der Waals surface area contributed by atoms with E-state index in [2.05, 4.69) is 32.9 Å². The summed E-state index contributed by atoms with van der Waals surface area (Å²) in [5.41, 5.74) is 6.77. The van der Waals surface area contributed by atoms with Gasteiger partial charge in [0.1, 0.15) is 5.78 Å². The first-order chi connectivity index (χ1) is 13.8. The maximum atomic E-state index is 13.6. The van der Waals surface area contributed by atoms with Crippen LogP contribution in [0.25, 0.3) is 5.57 Å². The molecule has 3 nitrogen and oxygen atoms in total. The van der Waals surface area contributed by atoms with Crippen molar-refractivity contribution in [3.63, 3.8) is 0 Å². The van der Waals surface area contributed by atoms with E-state index in [0.717, 1.165) is 62.0 Å². The first-order valence-electron chi connectivity index (χ1n) is 11.3. The summed E-state index contributed by atoms with van der Waals surface area (Å²) in [7, 11) is 0. The lowest BCUT2D eigenvalue weighted by Gasteiger charge is -2.41. The van der Waals surface area contributed by atoms with Crippen LogP contribution in [0.15, 0.2) is 17.7 Å². The third kappa shape index (κ3) is 4.55. The third-order valence-corrected chi connectivity index (χ3v) is 6.80. The molecule has 3 rings (SSSR count). The summed E-state index contributed by atoms with van der Waals surface area (Å²) >= 11 is 0. The molecule has 0 saturated carbocycles. The quantitative estimate of drug-likeness (QED) is 0.624. The summed E-state index contributed by atoms with van der Waals surface area (Å²) in [5.74, 6) is 0.455. The average molecular weight is 397 g/mol. The topological polar surface area (TPSA) is 43.4 Å². The van der Waals surface area contributed by atoms with Gasteiger partial charge in [-0.1, -0.05) is 51.0 Å². The number of Topliss-reactive ketones (excluding diaryl/α,β-unsaturated/α-hetero) is 2. The van der Waals surface area contributed by atoms with Gasteiger partial charge in [-0.2, -0.15) is 0 Å². The molecule has 1 aromatic rings. The number of ether oxygens (including phenoxy) is 1. The summed E-state index contributed by atoms with van der Waals surface area (Å²) in [6.45, 7) is 11.8. The molecule has 158 valence electrons. The largest absolute Gasteiger partial charge is 0.381 e. The highest BCUT2D eigenvalue weighted by Crippen LogP contribution is 2.49. The summed E-state index contributed by atoms with van der Waals surface area (Å²) in [6.07, 6.45) is 5.47. The number of allylic oxidation sites excluding steroid dienone is 2. The van der Waals surface area contributed by atoms with Crippen molar-refractivity contribution in [1.82, 2.24) is 0 Å². The fourth-order valence-electron chi connectivity index (χ4n) is 5.09. The van der Waals surface area contributed by atoms with Crippen LogP contribution < -0.4 is 0 Å². The maximum Gasteiger partial charge on any atom is 0.164 e. The van der Waals surface area contributed by atoms with E-state index >= 15 is 0 Å². The Hall–Kier alpha value is -1.74. The maximum absolute atomic E-state index is 13.6. The lowest BCUT2D eigenvalue weighted by Crippen LogP contribution is -2.36. The van der Waals surface area contributed by atoms with Crippen molar-refractivity contribution in [2.75, 3.05) is 13.2 Å². The first-order valence-corrected chi connectivity index (χ1v) is 11.3. The molecule has 1 fully saturated rings. The van der Waals surface area contributed by atoms with Gasteiger partial charge in [-0.05, 0) is 61.1 Å². The summed E-state index contributed by atoms with van der Waals surface area (Å²) in [6, 6.07) is 4.44. The zero-order valence-electron chi connectivity index (χ0n) is 18.8. The fraction of sp³-hybridized carbons (Fsp3) is 0.615. The van der Waals surface area contributed by atoms with E-state index in [-0.39, 0.29) is 22.9 Å². The van der Waals surface area contributed by atoms with Gasteiger partial charge in [0.15, 0.2) is 5.78 Å². The summed E-state index contributed by atoms with van der Waals surface area (Å²) in [5, 5.41) is 0. The molecule has 0 atom stereocenters. The second-order valence-electron chi connectivity index (χ2n) is 9.33. The van der Waals surface area contributed by atoms with E-state index in [1.54, 1.807) is 0 Å². The van der Waals surface area contributed by atoms with Crippen LogP contribution >= 0.6 is 0 Å². The molecule has 0 aromatic heterocycles. The first kappa shape index (κ1) is 22.0.